The van der Waals surface area contributed by atoms with Gasteiger partial charge in [0.25, 0.3) is 0 Å². The summed E-state index contributed by atoms with van der Waals surface area (Å²) in [5, 5.41) is 9.67. The number of benzene rings is 1. The van der Waals surface area contributed by atoms with Crippen molar-refractivity contribution in [2.24, 2.45) is 0 Å². The lowest BCUT2D eigenvalue weighted by Crippen LogP contribution is -2.34. The second-order valence-electron chi connectivity index (χ2n) is 4.01. The molecule has 0 bridgehead atoms. The number of halogens is 4. The number of alkyl halides is 3. The highest BCUT2D eigenvalue weighted by atomic mass is 35.5. The summed E-state index contributed by atoms with van der Waals surface area (Å²) in [7, 11) is 0. The van der Waals surface area contributed by atoms with Crippen molar-refractivity contribution < 1.29 is 18.3 Å². The van der Waals surface area contributed by atoms with Gasteiger partial charge in [-0.1, -0.05) is 17.7 Å². The molecule has 0 aliphatic carbocycles. The van der Waals surface area contributed by atoms with E-state index in [1.807, 2.05) is 0 Å². The highest BCUT2D eigenvalue weighted by Gasteiger charge is 2.30. The Morgan fingerprint density at radius 3 is 2.39 bits per heavy atom. The normalized spacial score (nSPS) is 13.5. The van der Waals surface area contributed by atoms with Crippen LogP contribution in [0.3, 0.4) is 0 Å². The van der Waals surface area contributed by atoms with E-state index in [-0.39, 0.29) is 11.6 Å². The smallest absolute Gasteiger partial charge is 0.389 e. The molecule has 0 amide bonds. The van der Waals surface area contributed by atoms with Crippen LogP contribution in [0.1, 0.15) is 25.5 Å². The van der Waals surface area contributed by atoms with Crippen molar-refractivity contribution in [3.8, 4) is 0 Å². The molecule has 0 heterocycles. The summed E-state index contributed by atoms with van der Waals surface area (Å²) < 4.78 is 37.1. The number of nitrogens with zero attached hydrogens (tertiary/aromatic N) is 1. The van der Waals surface area contributed by atoms with Crippen molar-refractivity contribution in [1.82, 2.24) is 0 Å². The lowest BCUT2D eigenvalue weighted by Gasteiger charge is -2.25. The zero-order valence-corrected chi connectivity index (χ0v) is 10.9. The number of hydrogen-bond acceptors (Lipinski definition) is 2. The van der Waals surface area contributed by atoms with E-state index in [0.29, 0.717) is 11.3 Å². The van der Waals surface area contributed by atoms with Crippen LogP contribution in [0.25, 0.3) is 0 Å². The average molecular weight is 282 g/mol. The molecule has 0 aliphatic heterocycles. The molecule has 1 rings (SSSR count). The molecular formula is C12H15ClF3NO. The van der Waals surface area contributed by atoms with Gasteiger partial charge in [-0.2, -0.15) is 13.2 Å². The molecule has 0 saturated carbocycles. The van der Waals surface area contributed by atoms with E-state index in [9.17, 15) is 18.3 Å². The number of aliphatic hydroxyl groups is 1. The molecule has 0 spiro atoms. The van der Waals surface area contributed by atoms with Gasteiger partial charge < -0.3 is 10.0 Å². The summed E-state index contributed by atoms with van der Waals surface area (Å²) in [5.41, 5.74) is 0.896. The molecule has 1 aromatic carbocycles. The lowest BCUT2D eigenvalue weighted by molar-refractivity contribution is -0.119. The van der Waals surface area contributed by atoms with Gasteiger partial charge in [0.15, 0.2) is 0 Å². The fraction of sp³-hybridized carbons (Fsp3) is 0.500. The summed E-state index contributed by atoms with van der Waals surface area (Å²) in [6, 6.07) is 4.52. The number of aliphatic hydroxyl groups excluding tert-OH is 1. The van der Waals surface area contributed by atoms with E-state index in [4.69, 9.17) is 11.6 Å². The molecule has 102 valence electrons. The summed E-state index contributed by atoms with van der Waals surface area (Å²) in [6.45, 7) is 2.40. The predicted octanol–water partition coefficient (Wildman–Crippen LogP) is 3.78. The zero-order chi connectivity index (χ0) is 13.9. The molecule has 1 aromatic rings. The predicted molar refractivity (Wildman–Crippen MR) is 66.0 cm³/mol. The van der Waals surface area contributed by atoms with Crippen LogP contribution in [0.4, 0.5) is 18.9 Å². The lowest BCUT2D eigenvalue weighted by atomic mass is 10.1. The molecule has 6 heteroatoms. The first-order chi connectivity index (χ1) is 8.24. The molecule has 0 aliphatic rings. The molecule has 0 aromatic heterocycles. The van der Waals surface area contributed by atoms with Gasteiger partial charge in [0.05, 0.1) is 6.10 Å². The Hall–Kier alpha value is -0.940. The molecule has 2 nitrogen and oxygen atoms in total. The number of hydrogen-bond donors (Lipinski definition) is 1. The second-order valence-corrected chi connectivity index (χ2v) is 4.42. The minimum absolute atomic E-state index is 0.226. The van der Waals surface area contributed by atoms with Gasteiger partial charge in [-0.15, -0.1) is 0 Å². The minimum atomic E-state index is -4.26. The Labute approximate surface area is 109 Å². The topological polar surface area (TPSA) is 23.5 Å². The number of anilines is 1. The first-order valence-corrected chi connectivity index (χ1v) is 5.91. The summed E-state index contributed by atoms with van der Waals surface area (Å²) in [6.07, 6.45) is -5.00. The maximum absolute atomic E-state index is 12.4. The van der Waals surface area contributed by atoms with Gasteiger partial charge in [0.1, 0.15) is 6.54 Å². The largest absolute Gasteiger partial charge is 0.405 e. The second kappa shape index (κ2) is 5.80. The molecule has 18 heavy (non-hydrogen) atoms. The first-order valence-electron chi connectivity index (χ1n) is 5.53. The van der Waals surface area contributed by atoms with Gasteiger partial charge in [-0.25, -0.2) is 0 Å². The maximum atomic E-state index is 12.4. The van der Waals surface area contributed by atoms with Crippen molar-refractivity contribution in [2.75, 3.05) is 18.0 Å². The summed E-state index contributed by atoms with van der Waals surface area (Å²) in [4.78, 5) is 1.18. The molecular weight excluding hydrogens is 267 g/mol. The third-order valence-corrected chi connectivity index (χ3v) is 2.88. The van der Waals surface area contributed by atoms with Crippen LogP contribution < -0.4 is 4.90 Å². The van der Waals surface area contributed by atoms with E-state index >= 15 is 0 Å². The van der Waals surface area contributed by atoms with Crippen LogP contribution in [-0.4, -0.2) is 24.4 Å². The van der Waals surface area contributed by atoms with Crippen LogP contribution in [-0.2, 0) is 0 Å². The summed E-state index contributed by atoms with van der Waals surface area (Å²) in [5.74, 6) is 0. The fourth-order valence-corrected chi connectivity index (χ4v) is 1.99. The SMILES string of the molecule is CCN(CC(F)(F)F)c1ccc(C(C)O)c(Cl)c1. The van der Waals surface area contributed by atoms with Crippen molar-refractivity contribution >= 4 is 17.3 Å². The van der Waals surface area contributed by atoms with Gasteiger partial charge >= 0.3 is 6.18 Å². The quantitative estimate of drug-likeness (QED) is 0.908. The van der Waals surface area contributed by atoms with Crippen molar-refractivity contribution in [3.05, 3.63) is 28.8 Å². The van der Waals surface area contributed by atoms with Gasteiger partial charge in [-0.05, 0) is 31.5 Å². The van der Waals surface area contributed by atoms with Crippen molar-refractivity contribution in [2.45, 2.75) is 26.1 Å². The minimum Gasteiger partial charge on any atom is -0.389 e. The van der Waals surface area contributed by atoms with Gasteiger partial charge in [0, 0.05) is 17.3 Å². The van der Waals surface area contributed by atoms with Crippen LogP contribution in [0, 0.1) is 0 Å². The van der Waals surface area contributed by atoms with Crippen molar-refractivity contribution in [1.29, 1.82) is 0 Å². The summed E-state index contributed by atoms with van der Waals surface area (Å²) >= 11 is 5.93. The van der Waals surface area contributed by atoms with Crippen LogP contribution >= 0.6 is 11.6 Å². The maximum Gasteiger partial charge on any atom is 0.405 e. The highest BCUT2D eigenvalue weighted by molar-refractivity contribution is 6.31. The van der Waals surface area contributed by atoms with E-state index in [1.165, 1.54) is 17.0 Å². The van der Waals surface area contributed by atoms with Gasteiger partial charge in [-0.3, -0.25) is 0 Å². The average Bonchev–Trinajstić information content (AvgIpc) is 2.24. The van der Waals surface area contributed by atoms with Crippen LogP contribution in [0.5, 0.6) is 0 Å². The van der Waals surface area contributed by atoms with Crippen LogP contribution in [0.2, 0.25) is 5.02 Å². The standard InChI is InChI=1S/C12H15ClF3NO/c1-3-17(7-12(14,15)16)9-4-5-10(8(2)18)11(13)6-9/h4-6,8,18H,3,7H2,1-2H3. The molecule has 1 atom stereocenters. The van der Waals surface area contributed by atoms with Crippen molar-refractivity contribution in [3.63, 3.8) is 0 Å². The first kappa shape index (κ1) is 15.1. The highest BCUT2D eigenvalue weighted by Crippen LogP contribution is 2.29. The Balaban J connectivity index is 2.98. The van der Waals surface area contributed by atoms with E-state index in [2.05, 4.69) is 0 Å². The van der Waals surface area contributed by atoms with E-state index in [0.717, 1.165) is 0 Å². The van der Waals surface area contributed by atoms with E-state index < -0.39 is 18.8 Å². The molecule has 0 fully saturated rings. The van der Waals surface area contributed by atoms with E-state index in [1.54, 1.807) is 19.9 Å². The van der Waals surface area contributed by atoms with Gasteiger partial charge in [0.2, 0.25) is 0 Å². The third kappa shape index (κ3) is 4.07. The fourth-order valence-electron chi connectivity index (χ4n) is 1.65. The van der Waals surface area contributed by atoms with Crippen LogP contribution in [0.15, 0.2) is 18.2 Å². The Kier molecular flexibility index (Phi) is 4.87. The molecule has 1 N–H and O–H groups in total. The third-order valence-electron chi connectivity index (χ3n) is 2.55. The Bertz CT molecular complexity index is 407. The molecule has 0 saturated heterocycles. The molecule has 0 radical (unpaired) electrons. The Morgan fingerprint density at radius 1 is 1.39 bits per heavy atom. The molecule has 1 unspecified atom stereocenters. The Morgan fingerprint density at radius 2 is 2.00 bits per heavy atom. The zero-order valence-electron chi connectivity index (χ0n) is 10.1. The number of rotatable bonds is 4. The monoisotopic (exact) mass is 281 g/mol.